The molecule has 0 aromatic heterocycles. The van der Waals surface area contributed by atoms with Crippen molar-refractivity contribution >= 4 is 17.3 Å². The number of anilines is 1. The number of piperazine rings is 1. The lowest BCUT2D eigenvalue weighted by Crippen LogP contribution is -2.54. The zero-order valence-electron chi connectivity index (χ0n) is 11.8. The van der Waals surface area contributed by atoms with Gasteiger partial charge in [-0.2, -0.15) is 0 Å². The summed E-state index contributed by atoms with van der Waals surface area (Å²) in [6.07, 6.45) is 4.46. The zero-order chi connectivity index (χ0) is 13.9. The molecule has 0 spiro atoms. The first-order valence-electron chi connectivity index (χ1n) is 7.67. The van der Waals surface area contributed by atoms with Gasteiger partial charge in [-0.1, -0.05) is 24.4 Å². The molecule has 2 unspecified atom stereocenters. The van der Waals surface area contributed by atoms with Crippen LogP contribution in [0.25, 0.3) is 0 Å². The number of rotatable bonds is 2. The minimum Gasteiger partial charge on any atom is -0.391 e. The molecule has 2 atom stereocenters. The maximum absolute atomic E-state index is 10.2. The van der Waals surface area contributed by atoms with Crippen molar-refractivity contribution in [1.82, 2.24) is 4.90 Å². The van der Waals surface area contributed by atoms with Gasteiger partial charge in [0.1, 0.15) is 0 Å². The summed E-state index contributed by atoms with van der Waals surface area (Å²) in [6.45, 7) is 4.16. The third kappa shape index (κ3) is 3.11. The Morgan fingerprint density at radius 2 is 1.60 bits per heavy atom. The van der Waals surface area contributed by atoms with Gasteiger partial charge in [-0.3, -0.25) is 4.90 Å². The van der Waals surface area contributed by atoms with E-state index in [1.165, 1.54) is 18.5 Å². The fourth-order valence-electron chi connectivity index (χ4n) is 3.48. The van der Waals surface area contributed by atoms with Crippen LogP contribution in [0.5, 0.6) is 0 Å². The van der Waals surface area contributed by atoms with Crippen molar-refractivity contribution in [2.45, 2.75) is 37.8 Å². The molecule has 110 valence electrons. The second-order valence-corrected chi connectivity index (χ2v) is 6.36. The third-order valence-electron chi connectivity index (χ3n) is 4.67. The largest absolute Gasteiger partial charge is 0.391 e. The maximum Gasteiger partial charge on any atom is 0.0695 e. The highest BCUT2D eigenvalue weighted by molar-refractivity contribution is 6.30. The molecule has 1 aromatic rings. The highest BCUT2D eigenvalue weighted by Crippen LogP contribution is 2.25. The van der Waals surface area contributed by atoms with E-state index >= 15 is 0 Å². The molecule has 3 rings (SSSR count). The van der Waals surface area contributed by atoms with Gasteiger partial charge >= 0.3 is 0 Å². The van der Waals surface area contributed by atoms with E-state index in [-0.39, 0.29) is 6.10 Å². The summed E-state index contributed by atoms with van der Waals surface area (Å²) in [5, 5.41) is 11.0. The summed E-state index contributed by atoms with van der Waals surface area (Å²) < 4.78 is 0. The first-order valence-corrected chi connectivity index (χ1v) is 8.04. The standard InChI is InChI=1S/C16H23ClN2O/c17-13-5-7-14(8-6-13)18-9-11-19(12-10-18)15-3-1-2-4-16(15)20/h5-8,15-16,20H,1-4,9-12H2. The van der Waals surface area contributed by atoms with Crippen LogP contribution < -0.4 is 4.90 Å². The van der Waals surface area contributed by atoms with Crippen LogP contribution in [-0.2, 0) is 0 Å². The summed E-state index contributed by atoms with van der Waals surface area (Å²) in [7, 11) is 0. The molecule has 0 bridgehead atoms. The topological polar surface area (TPSA) is 26.7 Å². The third-order valence-corrected chi connectivity index (χ3v) is 4.92. The van der Waals surface area contributed by atoms with Crippen molar-refractivity contribution in [2.24, 2.45) is 0 Å². The van der Waals surface area contributed by atoms with Crippen LogP contribution in [0.4, 0.5) is 5.69 Å². The number of aliphatic hydroxyl groups is 1. The summed E-state index contributed by atoms with van der Waals surface area (Å²) >= 11 is 5.94. The van der Waals surface area contributed by atoms with Gasteiger partial charge in [-0.15, -0.1) is 0 Å². The number of nitrogens with zero attached hydrogens (tertiary/aromatic N) is 2. The molecule has 1 heterocycles. The molecule has 1 aliphatic heterocycles. The van der Waals surface area contributed by atoms with Crippen molar-refractivity contribution in [2.75, 3.05) is 31.1 Å². The van der Waals surface area contributed by atoms with Gasteiger partial charge in [0.2, 0.25) is 0 Å². The fourth-order valence-corrected chi connectivity index (χ4v) is 3.61. The van der Waals surface area contributed by atoms with E-state index in [9.17, 15) is 5.11 Å². The first-order chi connectivity index (χ1) is 9.74. The second kappa shape index (κ2) is 6.33. The number of halogens is 1. The monoisotopic (exact) mass is 294 g/mol. The minimum absolute atomic E-state index is 0.120. The predicted molar refractivity (Wildman–Crippen MR) is 83.5 cm³/mol. The molecular weight excluding hydrogens is 272 g/mol. The molecule has 1 saturated heterocycles. The quantitative estimate of drug-likeness (QED) is 0.908. The smallest absolute Gasteiger partial charge is 0.0695 e. The van der Waals surface area contributed by atoms with Crippen molar-refractivity contribution in [3.63, 3.8) is 0 Å². The van der Waals surface area contributed by atoms with Gasteiger partial charge < -0.3 is 10.0 Å². The number of benzene rings is 1. The normalized spacial score (nSPS) is 28.6. The molecule has 1 N–H and O–H groups in total. The second-order valence-electron chi connectivity index (χ2n) is 5.92. The number of aliphatic hydroxyl groups excluding tert-OH is 1. The minimum atomic E-state index is -0.120. The summed E-state index contributed by atoms with van der Waals surface area (Å²) in [5.74, 6) is 0. The van der Waals surface area contributed by atoms with Crippen LogP contribution in [0, 0.1) is 0 Å². The Labute approximate surface area is 126 Å². The van der Waals surface area contributed by atoms with E-state index in [1.54, 1.807) is 0 Å². The lowest BCUT2D eigenvalue weighted by Gasteiger charge is -2.43. The van der Waals surface area contributed by atoms with Crippen molar-refractivity contribution in [1.29, 1.82) is 0 Å². The van der Waals surface area contributed by atoms with Crippen molar-refractivity contribution < 1.29 is 5.11 Å². The van der Waals surface area contributed by atoms with Crippen LogP contribution in [0.15, 0.2) is 24.3 Å². The van der Waals surface area contributed by atoms with Crippen LogP contribution in [0.2, 0.25) is 5.02 Å². The average Bonchev–Trinajstić information content (AvgIpc) is 2.49. The summed E-state index contributed by atoms with van der Waals surface area (Å²) in [6, 6.07) is 8.47. The van der Waals surface area contributed by atoms with Gasteiger partial charge in [0.25, 0.3) is 0 Å². The number of hydrogen-bond donors (Lipinski definition) is 1. The number of hydrogen-bond acceptors (Lipinski definition) is 3. The molecular formula is C16H23ClN2O. The van der Waals surface area contributed by atoms with Crippen LogP contribution in [-0.4, -0.2) is 48.3 Å². The van der Waals surface area contributed by atoms with E-state index in [0.29, 0.717) is 6.04 Å². The van der Waals surface area contributed by atoms with Crippen molar-refractivity contribution in [3.05, 3.63) is 29.3 Å². The highest BCUT2D eigenvalue weighted by Gasteiger charge is 2.30. The van der Waals surface area contributed by atoms with E-state index < -0.39 is 0 Å². The molecule has 2 fully saturated rings. The molecule has 0 amide bonds. The molecule has 1 saturated carbocycles. The van der Waals surface area contributed by atoms with Gasteiger partial charge in [0.15, 0.2) is 0 Å². The Morgan fingerprint density at radius 3 is 2.25 bits per heavy atom. The van der Waals surface area contributed by atoms with Crippen LogP contribution in [0.3, 0.4) is 0 Å². The molecule has 0 radical (unpaired) electrons. The SMILES string of the molecule is OC1CCCCC1N1CCN(c2ccc(Cl)cc2)CC1. The maximum atomic E-state index is 10.2. The van der Waals surface area contributed by atoms with Crippen LogP contribution >= 0.6 is 11.6 Å². The van der Waals surface area contributed by atoms with E-state index in [1.807, 2.05) is 12.1 Å². The average molecular weight is 295 g/mol. The molecule has 2 aliphatic rings. The fraction of sp³-hybridized carbons (Fsp3) is 0.625. The van der Waals surface area contributed by atoms with E-state index in [4.69, 9.17) is 11.6 Å². The zero-order valence-corrected chi connectivity index (χ0v) is 12.6. The summed E-state index contributed by atoms with van der Waals surface area (Å²) in [5.41, 5.74) is 1.25. The first kappa shape index (κ1) is 14.2. The van der Waals surface area contributed by atoms with Gasteiger partial charge in [-0.05, 0) is 37.1 Å². The van der Waals surface area contributed by atoms with Gasteiger partial charge in [-0.25, -0.2) is 0 Å². The van der Waals surface area contributed by atoms with Crippen LogP contribution in [0.1, 0.15) is 25.7 Å². The van der Waals surface area contributed by atoms with Gasteiger partial charge in [0.05, 0.1) is 6.10 Å². The molecule has 1 aromatic carbocycles. The Hall–Kier alpha value is -0.770. The Morgan fingerprint density at radius 1 is 0.950 bits per heavy atom. The molecule has 3 nitrogen and oxygen atoms in total. The Balaban J connectivity index is 1.57. The molecule has 4 heteroatoms. The predicted octanol–water partition coefficient (Wildman–Crippen LogP) is 2.77. The molecule has 1 aliphatic carbocycles. The lowest BCUT2D eigenvalue weighted by atomic mass is 9.91. The van der Waals surface area contributed by atoms with Gasteiger partial charge in [0, 0.05) is 42.9 Å². The van der Waals surface area contributed by atoms with E-state index in [2.05, 4.69) is 21.9 Å². The van der Waals surface area contributed by atoms with Crippen molar-refractivity contribution in [3.8, 4) is 0 Å². The lowest BCUT2D eigenvalue weighted by molar-refractivity contribution is 0.0173. The Kier molecular flexibility index (Phi) is 4.49. The highest BCUT2D eigenvalue weighted by atomic mass is 35.5. The molecule has 20 heavy (non-hydrogen) atoms. The Bertz CT molecular complexity index is 429. The van der Waals surface area contributed by atoms with E-state index in [0.717, 1.165) is 44.0 Å². The summed E-state index contributed by atoms with van der Waals surface area (Å²) in [4.78, 5) is 4.89.